The average molecular weight is 281 g/mol. The molecule has 1 aromatic rings. The van der Waals surface area contributed by atoms with Crippen LogP contribution in [0.25, 0.3) is 0 Å². The van der Waals surface area contributed by atoms with Crippen molar-refractivity contribution in [1.29, 1.82) is 0 Å². The van der Waals surface area contributed by atoms with Crippen molar-refractivity contribution >= 4 is 11.9 Å². The van der Waals surface area contributed by atoms with E-state index in [0.717, 1.165) is 5.56 Å². The number of amides is 1. The lowest BCUT2D eigenvalue weighted by Crippen LogP contribution is -2.45. The average Bonchev–Trinajstić information content (AvgIpc) is 2.50. The summed E-state index contributed by atoms with van der Waals surface area (Å²) in [6.07, 6.45) is -0.107. The van der Waals surface area contributed by atoms with Crippen LogP contribution in [0.2, 0.25) is 0 Å². The number of carbonyl (C=O) groups excluding carboxylic acids is 1. The van der Waals surface area contributed by atoms with Crippen LogP contribution >= 0.6 is 0 Å². The maximum absolute atomic E-state index is 12.4. The van der Waals surface area contributed by atoms with Gasteiger partial charge in [-0.25, -0.2) is 0 Å². The van der Waals surface area contributed by atoms with Gasteiger partial charge in [0.2, 0.25) is 0 Å². The van der Waals surface area contributed by atoms with Crippen molar-refractivity contribution in [3.05, 3.63) is 22.6 Å². The molecule has 5 nitrogen and oxygen atoms in total. The van der Waals surface area contributed by atoms with Crippen molar-refractivity contribution in [3.63, 3.8) is 0 Å². The summed E-state index contributed by atoms with van der Waals surface area (Å²) in [7, 11) is 0. The van der Waals surface area contributed by atoms with Crippen LogP contribution in [-0.2, 0) is 4.79 Å². The number of furan rings is 1. The SMILES string of the molecule is Cc1oc(C)c(C(=O)NC(CC(=O)O)C(C)(C)C)c1C. The van der Waals surface area contributed by atoms with E-state index in [1.165, 1.54) is 0 Å². The van der Waals surface area contributed by atoms with Crippen molar-refractivity contribution in [1.82, 2.24) is 5.32 Å². The van der Waals surface area contributed by atoms with Crippen LogP contribution in [0.1, 0.15) is 54.6 Å². The third-order valence-electron chi connectivity index (χ3n) is 3.52. The van der Waals surface area contributed by atoms with E-state index >= 15 is 0 Å². The second-order valence-corrected chi connectivity index (χ2v) is 6.20. The smallest absolute Gasteiger partial charge is 0.305 e. The summed E-state index contributed by atoms with van der Waals surface area (Å²) >= 11 is 0. The highest BCUT2D eigenvalue weighted by molar-refractivity contribution is 5.97. The Hall–Kier alpha value is -1.78. The predicted molar refractivity (Wildman–Crippen MR) is 75.9 cm³/mol. The number of carbonyl (C=O) groups is 2. The summed E-state index contributed by atoms with van der Waals surface area (Å²) in [6.45, 7) is 11.1. The molecule has 1 aromatic heterocycles. The molecule has 0 aliphatic heterocycles. The molecule has 5 heteroatoms. The van der Waals surface area contributed by atoms with Gasteiger partial charge in [-0.3, -0.25) is 9.59 Å². The fourth-order valence-electron chi connectivity index (χ4n) is 2.11. The van der Waals surface area contributed by atoms with E-state index in [4.69, 9.17) is 9.52 Å². The van der Waals surface area contributed by atoms with Crippen LogP contribution in [0.5, 0.6) is 0 Å². The first-order valence-electron chi connectivity index (χ1n) is 6.63. The lowest BCUT2D eigenvalue weighted by atomic mass is 9.84. The number of rotatable bonds is 4. The molecule has 0 aliphatic carbocycles. The number of aliphatic carboxylic acids is 1. The van der Waals surface area contributed by atoms with E-state index in [2.05, 4.69) is 5.32 Å². The maximum atomic E-state index is 12.4. The first kappa shape index (κ1) is 16.3. The molecular weight excluding hydrogens is 258 g/mol. The fourth-order valence-corrected chi connectivity index (χ4v) is 2.11. The Balaban J connectivity index is 2.99. The van der Waals surface area contributed by atoms with E-state index in [1.807, 2.05) is 27.7 Å². The molecule has 20 heavy (non-hydrogen) atoms. The van der Waals surface area contributed by atoms with Gasteiger partial charge in [0, 0.05) is 11.6 Å². The monoisotopic (exact) mass is 281 g/mol. The summed E-state index contributed by atoms with van der Waals surface area (Å²) in [4.78, 5) is 23.3. The van der Waals surface area contributed by atoms with Gasteiger partial charge in [0.15, 0.2) is 0 Å². The Bertz CT molecular complexity index is 523. The van der Waals surface area contributed by atoms with Gasteiger partial charge in [-0.2, -0.15) is 0 Å². The van der Waals surface area contributed by atoms with Gasteiger partial charge in [0.05, 0.1) is 12.0 Å². The lowest BCUT2D eigenvalue weighted by molar-refractivity contribution is -0.138. The number of carboxylic acid groups (broad SMARTS) is 1. The maximum Gasteiger partial charge on any atom is 0.305 e. The topological polar surface area (TPSA) is 79.5 Å². The highest BCUT2D eigenvalue weighted by Gasteiger charge is 2.30. The van der Waals surface area contributed by atoms with E-state index < -0.39 is 12.0 Å². The minimum absolute atomic E-state index is 0.107. The van der Waals surface area contributed by atoms with Gasteiger partial charge in [0.1, 0.15) is 11.5 Å². The van der Waals surface area contributed by atoms with E-state index in [9.17, 15) is 9.59 Å². The Morgan fingerprint density at radius 2 is 1.75 bits per heavy atom. The predicted octanol–water partition coefficient (Wildman–Crippen LogP) is 2.82. The zero-order valence-corrected chi connectivity index (χ0v) is 13.0. The quantitative estimate of drug-likeness (QED) is 0.889. The summed E-state index contributed by atoms with van der Waals surface area (Å²) < 4.78 is 5.44. The van der Waals surface area contributed by atoms with Gasteiger partial charge in [0.25, 0.3) is 5.91 Å². The number of carboxylic acids is 1. The first-order chi connectivity index (χ1) is 9.04. The van der Waals surface area contributed by atoms with E-state index in [0.29, 0.717) is 17.1 Å². The Kier molecular flexibility index (Phi) is 4.63. The van der Waals surface area contributed by atoms with E-state index in [-0.39, 0.29) is 17.7 Å². The Morgan fingerprint density at radius 3 is 2.10 bits per heavy atom. The first-order valence-corrected chi connectivity index (χ1v) is 6.63. The molecular formula is C15H23NO4. The molecule has 0 aliphatic rings. The molecule has 1 rings (SSSR count). The largest absolute Gasteiger partial charge is 0.481 e. The van der Waals surface area contributed by atoms with Gasteiger partial charge in [-0.15, -0.1) is 0 Å². The van der Waals surface area contributed by atoms with Crippen molar-refractivity contribution < 1.29 is 19.1 Å². The number of hydrogen-bond donors (Lipinski definition) is 2. The zero-order chi connectivity index (χ0) is 15.7. The van der Waals surface area contributed by atoms with Crippen LogP contribution < -0.4 is 5.32 Å². The fraction of sp³-hybridized carbons (Fsp3) is 0.600. The number of nitrogens with one attached hydrogen (secondary N) is 1. The minimum atomic E-state index is -0.929. The number of hydrogen-bond acceptors (Lipinski definition) is 3. The lowest BCUT2D eigenvalue weighted by Gasteiger charge is -2.30. The molecule has 0 radical (unpaired) electrons. The van der Waals surface area contributed by atoms with Crippen molar-refractivity contribution in [2.75, 3.05) is 0 Å². The van der Waals surface area contributed by atoms with Gasteiger partial charge < -0.3 is 14.8 Å². The summed E-state index contributed by atoms with van der Waals surface area (Å²) in [5, 5.41) is 11.8. The van der Waals surface area contributed by atoms with Crippen LogP contribution in [0.3, 0.4) is 0 Å². The second-order valence-electron chi connectivity index (χ2n) is 6.20. The van der Waals surface area contributed by atoms with Crippen molar-refractivity contribution in [2.45, 2.75) is 54.0 Å². The van der Waals surface area contributed by atoms with Crippen LogP contribution in [-0.4, -0.2) is 23.0 Å². The molecule has 0 aromatic carbocycles. The molecule has 0 saturated heterocycles. The molecule has 2 N–H and O–H groups in total. The zero-order valence-electron chi connectivity index (χ0n) is 13.0. The third kappa shape index (κ3) is 3.62. The van der Waals surface area contributed by atoms with Crippen LogP contribution in [0, 0.1) is 26.2 Å². The molecule has 0 bridgehead atoms. The highest BCUT2D eigenvalue weighted by atomic mass is 16.4. The van der Waals surface area contributed by atoms with E-state index in [1.54, 1.807) is 13.8 Å². The molecule has 1 unspecified atom stereocenters. The molecule has 1 amide bonds. The standard InChI is InChI=1S/C15H23NO4/c1-8-9(2)20-10(3)13(8)14(19)16-11(7-12(17)18)15(4,5)6/h11H,7H2,1-6H3,(H,16,19)(H,17,18). The van der Waals surface area contributed by atoms with Crippen molar-refractivity contribution in [3.8, 4) is 0 Å². The third-order valence-corrected chi connectivity index (χ3v) is 3.52. The number of aryl methyl sites for hydroxylation is 2. The summed E-state index contributed by atoms with van der Waals surface area (Å²) in [6, 6.07) is -0.443. The van der Waals surface area contributed by atoms with Crippen LogP contribution in [0.15, 0.2) is 4.42 Å². The Morgan fingerprint density at radius 1 is 1.20 bits per heavy atom. The summed E-state index contributed by atoms with van der Waals surface area (Å²) in [5.41, 5.74) is 0.958. The van der Waals surface area contributed by atoms with Gasteiger partial charge >= 0.3 is 5.97 Å². The van der Waals surface area contributed by atoms with Crippen LogP contribution in [0.4, 0.5) is 0 Å². The molecule has 0 spiro atoms. The summed E-state index contributed by atoms with van der Waals surface area (Å²) in [5.74, 6) is 0.0544. The normalized spacial score (nSPS) is 13.1. The molecule has 0 saturated carbocycles. The molecule has 0 fully saturated rings. The van der Waals surface area contributed by atoms with Gasteiger partial charge in [-0.05, 0) is 26.2 Å². The Labute approximate surface area is 119 Å². The second kappa shape index (κ2) is 5.69. The highest BCUT2D eigenvalue weighted by Crippen LogP contribution is 2.25. The molecule has 112 valence electrons. The van der Waals surface area contributed by atoms with Crippen molar-refractivity contribution in [2.24, 2.45) is 5.41 Å². The van der Waals surface area contributed by atoms with Gasteiger partial charge in [-0.1, -0.05) is 20.8 Å². The molecule has 1 heterocycles. The minimum Gasteiger partial charge on any atom is -0.481 e. The molecule has 1 atom stereocenters.